The number of rotatable bonds is 0. The fourth-order valence-corrected chi connectivity index (χ4v) is 4.36. The summed E-state index contributed by atoms with van der Waals surface area (Å²) in [7, 11) is 0. The summed E-state index contributed by atoms with van der Waals surface area (Å²) in [5.74, 6) is 0. The molecule has 0 radical (unpaired) electrons. The molecule has 0 aliphatic carbocycles. The average molecular weight is 310 g/mol. The Balaban J connectivity index is 0.000000636. The monoisotopic (exact) mass is 310 g/mol. The van der Waals surface area contributed by atoms with Crippen molar-refractivity contribution in [3.63, 3.8) is 0 Å². The van der Waals surface area contributed by atoms with Gasteiger partial charge in [0.1, 0.15) is 0 Å². The molecule has 0 saturated heterocycles. The molecule has 2 heteroatoms. The van der Waals surface area contributed by atoms with Gasteiger partial charge in [0, 0.05) is 15.8 Å². The molecule has 1 aliphatic rings. The second-order valence-corrected chi connectivity index (χ2v) is 6.86. The summed E-state index contributed by atoms with van der Waals surface area (Å²) in [5.41, 5.74) is 3.86. The van der Waals surface area contributed by atoms with Gasteiger partial charge >= 0.3 is 0 Å². The smallest absolute Gasteiger partial charge is 0.0763 e. The van der Waals surface area contributed by atoms with Gasteiger partial charge in [-0.1, -0.05) is 73.7 Å². The summed E-state index contributed by atoms with van der Waals surface area (Å²) in [5, 5.41) is 5.35. The number of aryl methyl sites for hydroxylation is 2. The lowest BCUT2D eigenvalue weighted by Gasteiger charge is -2.09. The molecule has 0 nitrogen and oxygen atoms in total. The Bertz CT molecular complexity index is 876. The fourth-order valence-electron chi connectivity index (χ4n) is 2.86. The summed E-state index contributed by atoms with van der Waals surface area (Å²) in [6, 6.07) is 13.3. The van der Waals surface area contributed by atoms with Crippen LogP contribution in [0.2, 0.25) is 0 Å². The topological polar surface area (TPSA) is 0 Å². The lowest BCUT2D eigenvalue weighted by Crippen LogP contribution is -1.87. The van der Waals surface area contributed by atoms with Crippen LogP contribution < -0.4 is 0 Å². The first-order chi connectivity index (χ1) is 10.1. The van der Waals surface area contributed by atoms with Crippen molar-refractivity contribution in [2.45, 2.75) is 32.6 Å². The lowest BCUT2D eigenvalue weighted by atomic mass is 9.96. The highest BCUT2D eigenvalue weighted by Gasteiger charge is 2.23. The first kappa shape index (κ1) is 14.6. The number of fused-ring (bicyclic) bond motifs is 2. The second-order valence-electron chi connectivity index (χ2n) is 5.17. The number of thiocarbonyl (C=S) groups is 1. The number of benzene rings is 3. The Morgan fingerprint density at radius 2 is 1.67 bits per heavy atom. The van der Waals surface area contributed by atoms with Gasteiger partial charge in [0.2, 0.25) is 0 Å². The molecule has 0 unspecified atom stereocenters. The van der Waals surface area contributed by atoms with Gasteiger partial charge in [0.15, 0.2) is 0 Å². The van der Waals surface area contributed by atoms with E-state index in [0.717, 1.165) is 4.20 Å². The molecule has 3 aromatic carbocycles. The Labute approximate surface area is 135 Å². The van der Waals surface area contributed by atoms with E-state index in [0.29, 0.717) is 0 Å². The zero-order chi connectivity index (χ0) is 15.1. The number of hydrogen-bond acceptors (Lipinski definition) is 2. The minimum Gasteiger partial charge on any atom is -0.0763 e. The van der Waals surface area contributed by atoms with Crippen LogP contribution >= 0.6 is 24.0 Å². The van der Waals surface area contributed by atoms with Crippen LogP contribution in [-0.2, 0) is 0 Å². The molecule has 3 aromatic rings. The maximum absolute atomic E-state index is 5.54. The van der Waals surface area contributed by atoms with Crippen LogP contribution in [0.1, 0.15) is 30.5 Å². The first-order valence-corrected chi connectivity index (χ1v) is 8.56. The van der Waals surface area contributed by atoms with E-state index in [1.165, 1.54) is 43.1 Å². The Kier molecular flexibility index (Phi) is 3.76. The Morgan fingerprint density at radius 3 is 2.43 bits per heavy atom. The van der Waals surface area contributed by atoms with Gasteiger partial charge in [-0.05, 0) is 41.6 Å². The van der Waals surface area contributed by atoms with Crippen molar-refractivity contribution in [2.75, 3.05) is 0 Å². The van der Waals surface area contributed by atoms with Crippen molar-refractivity contribution >= 4 is 49.7 Å². The van der Waals surface area contributed by atoms with Crippen LogP contribution in [0, 0.1) is 13.8 Å². The molecule has 0 saturated carbocycles. The highest BCUT2D eigenvalue weighted by molar-refractivity contribution is 8.24. The molecule has 0 amide bonds. The van der Waals surface area contributed by atoms with E-state index in [4.69, 9.17) is 12.2 Å². The van der Waals surface area contributed by atoms with Crippen molar-refractivity contribution in [3.05, 3.63) is 53.1 Å². The minimum atomic E-state index is 1.01. The quantitative estimate of drug-likeness (QED) is 0.347. The van der Waals surface area contributed by atoms with Crippen LogP contribution in [0.4, 0.5) is 0 Å². The molecular weight excluding hydrogens is 292 g/mol. The van der Waals surface area contributed by atoms with Crippen molar-refractivity contribution in [2.24, 2.45) is 0 Å². The van der Waals surface area contributed by atoms with Crippen molar-refractivity contribution in [1.29, 1.82) is 0 Å². The molecule has 0 spiro atoms. The SMILES string of the molecule is CC.Cc1ccc2cc3c(C)ccc4c3c(c2c1)SC4=S. The third kappa shape index (κ3) is 2.18. The standard InChI is InChI=1S/C17H12S2.C2H6/c1-9-3-5-11-8-13-10(2)4-6-12-15(13)16(14(11)7-9)19-17(12)18;1-2/h3-8H,1-2H3;1-2H3. The van der Waals surface area contributed by atoms with E-state index >= 15 is 0 Å². The molecule has 106 valence electrons. The molecule has 1 heterocycles. The van der Waals surface area contributed by atoms with Gasteiger partial charge in [-0.25, -0.2) is 0 Å². The Hall–Kier alpha value is -1.38. The number of hydrogen-bond donors (Lipinski definition) is 0. The summed E-state index contributed by atoms with van der Waals surface area (Å²) in [6.07, 6.45) is 0. The van der Waals surface area contributed by atoms with Crippen molar-refractivity contribution < 1.29 is 0 Å². The predicted molar refractivity (Wildman–Crippen MR) is 99.8 cm³/mol. The van der Waals surface area contributed by atoms with Gasteiger partial charge in [0.05, 0.1) is 4.20 Å². The van der Waals surface area contributed by atoms with E-state index < -0.39 is 0 Å². The van der Waals surface area contributed by atoms with Crippen LogP contribution in [-0.4, -0.2) is 4.20 Å². The van der Waals surface area contributed by atoms with E-state index in [1.807, 2.05) is 13.8 Å². The second kappa shape index (κ2) is 5.43. The molecule has 21 heavy (non-hydrogen) atoms. The summed E-state index contributed by atoms with van der Waals surface area (Å²) in [6.45, 7) is 8.32. The summed E-state index contributed by atoms with van der Waals surface area (Å²) >= 11 is 7.29. The molecule has 0 fully saturated rings. The van der Waals surface area contributed by atoms with Crippen LogP contribution in [0.15, 0.2) is 41.3 Å². The largest absolute Gasteiger partial charge is 0.0833 e. The van der Waals surface area contributed by atoms with Crippen LogP contribution in [0.25, 0.3) is 21.5 Å². The van der Waals surface area contributed by atoms with Crippen LogP contribution in [0.3, 0.4) is 0 Å². The maximum atomic E-state index is 5.54. The van der Waals surface area contributed by atoms with Gasteiger partial charge in [0.25, 0.3) is 0 Å². The first-order valence-electron chi connectivity index (χ1n) is 7.34. The van der Waals surface area contributed by atoms with Crippen molar-refractivity contribution in [3.8, 4) is 0 Å². The molecular formula is C19H18S2. The van der Waals surface area contributed by atoms with Crippen LogP contribution in [0.5, 0.6) is 0 Å². The molecule has 4 rings (SSSR count). The molecule has 0 aromatic heterocycles. The van der Waals surface area contributed by atoms with Gasteiger partial charge in [-0.15, -0.1) is 0 Å². The van der Waals surface area contributed by atoms with E-state index in [9.17, 15) is 0 Å². The predicted octanol–water partition coefficient (Wildman–Crippen LogP) is 6.42. The minimum absolute atomic E-state index is 1.01. The van der Waals surface area contributed by atoms with Crippen molar-refractivity contribution in [1.82, 2.24) is 0 Å². The molecule has 0 bridgehead atoms. The van der Waals surface area contributed by atoms with E-state index in [-0.39, 0.29) is 0 Å². The normalized spacial score (nSPS) is 12.7. The zero-order valence-corrected chi connectivity index (χ0v) is 14.4. The van der Waals surface area contributed by atoms with Gasteiger partial charge in [-0.2, -0.15) is 0 Å². The fraction of sp³-hybridized carbons (Fsp3) is 0.211. The third-order valence-electron chi connectivity index (χ3n) is 3.86. The Morgan fingerprint density at radius 1 is 0.905 bits per heavy atom. The highest BCUT2D eigenvalue weighted by Crippen LogP contribution is 2.46. The molecule has 1 aliphatic heterocycles. The zero-order valence-electron chi connectivity index (χ0n) is 12.8. The maximum Gasteiger partial charge on any atom is 0.0833 e. The number of thioether (sulfide) groups is 1. The summed E-state index contributed by atoms with van der Waals surface area (Å²) < 4.78 is 1.01. The van der Waals surface area contributed by atoms with E-state index in [1.54, 1.807) is 11.8 Å². The third-order valence-corrected chi connectivity index (χ3v) is 5.36. The summed E-state index contributed by atoms with van der Waals surface area (Å²) in [4.78, 5) is 1.35. The average Bonchev–Trinajstić information content (AvgIpc) is 2.83. The molecule has 0 N–H and O–H groups in total. The van der Waals surface area contributed by atoms with Gasteiger partial charge < -0.3 is 0 Å². The van der Waals surface area contributed by atoms with Gasteiger partial charge in [-0.3, -0.25) is 0 Å². The van der Waals surface area contributed by atoms with E-state index in [2.05, 4.69) is 50.2 Å². The highest BCUT2D eigenvalue weighted by atomic mass is 32.2. The molecule has 0 atom stereocenters. The lowest BCUT2D eigenvalue weighted by molar-refractivity contribution is 1.48.